The minimum absolute atomic E-state index is 0.000235. The predicted octanol–water partition coefficient (Wildman–Crippen LogP) is 1.95. The van der Waals surface area contributed by atoms with E-state index in [4.69, 9.17) is 9.47 Å². The van der Waals surface area contributed by atoms with Gasteiger partial charge in [0.2, 0.25) is 5.91 Å². The summed E-state index contributed by atoms with van der Waals surface area (Å²) in [6.07, 6.45) is 2.73. The van der Waals surface area contributed by atoms with Crippen LogP contribution in [0.15, 0.2) is 35.1 Å². The quantitative estimate of drug-likeness (QED) is 0.777. The molecule has 0 bridgehead atoms. The fraction of sp³-hybridized carbons (Fsp3) is 0.476. The van der Waals surface area contributed by atoms with Gasteiger partial charge in [0, 0.05) is 43.4 Å². The first kappa shape index (κ1) is 18.7. The Morgan fingerprint density at radius 2 is 2.07 bits per heavy atom. The van der Waals surface area contributed by atoms with Crippen molar-refractivity contribution in [3.63, 3.8) is 0 Å². The fourth-order valence-electron chi connectivity index (χ4n) is 3.91. The number of fused-ring (bicyclic) bond motifs is 1. The zero-order chi connectivity index (χ0) is 19.5. The van der Waals surface area contributed by atoms with Crippen molar-refractivity contribution >= 4 is 23.1 Å². The van der Waals surface area contributed by atoms with Gasteiger partial charge in [-0.15, -0.1) is 0 Å². The highest BCUT2D eigenvalue weighted by Gasteiger charge is 2.29. The van der Waals surface area contributed by atoms with E-state index in [0.29, 0.717) is 51.0 Å². The van der Waals surface area contributed by atoms with E-state index in [-0.39, 0.29) is 24.5 Å². The van der Waals surface area contributed by atoms with Crippen molar-refractivity contribution in [3.05, 3.63) is 35.7 Å². The van der Waals surface area contributed by atoms with Gasteiger partial charge in [-0.25, -0.2) is 4.99 Å². The lowest BCUT2D eigenvalue weighted by Crippen LogP contribution is -2.37. The van der Waals surface area contributed by atoms with Gasteiger partial charge < -0.3 is 19.3 Å². The third-order valence-corrected chi connectivity index (χ3v) is 5.22. The second-order valence-corrected chi connectivity index (χ2v) is 7.08. The topological polar surface area (TPSA) is 71.4 Å². The van der Waals surface area contributed by atoms with Crippen molar-refractivity contribution in [2.24, 2.45) is 4.99 Å². The Balaban J connectivity index is 1.49. The Bertz CT molecular complexity index is 840. The maximum absolute atomic E-state index is 13.0. The Labute approximate surface area is 164 Å². The zero-order valence-electron chi connectivity index (χ0n) is 16.1. The molecule has 0 spiro atoms. The Kier molecular flexibility index (Phi) is 5.43. The molecule has 0 aliphatic carbocycles. The number of nitrogens with zero attached hydrogens (tertiary/aromatic N) is 3. The van der Waals surface area contributed by atoms with Crippen LogP contribution in [0.3, 0.4) is 0 Å². The van der Waals surface area contributed by atoms with E-state index in [0.717, 1.165) is 23.4 Å². The predicted molar refractivity (Wildman–Crippen MR) is 106 cm³/mol. The summed E-state index contributed by atoms with van der Waals surface area (Å²) in [5.41, 5.74) is 2.62. The molecule has 0 saturated carbocycles. The lowest BCUT2D eigenvalue weighted by atomic mass is 10.1. The third-order valence-electron chi connectivity index (χ3n) is 5.22. The molecule has 1 aromatic rings. The molecular formula is C21H25N3O4. The van der Waals surface area contributed by atoms with Gasteiger partial charge >= 0.3 is 0 Å². The molecule has 1 fully saturated rings. The highest BCUT2D eigenvalue weighted by atomic mass is 16.5. The standard InChI is InChI=1S/C21H25N3O4/c1-2-28-19-5-3-4-18-17(19)6-7-24(18)21(26)13-15-12-16(25)14-20(22-15)23-8-10-27-11-9-23/h3-5,14H,2,6-13H2,1H3. The number of rotatable bonds is 5. The lowest BCUT2D eigenvalue weighted by Gasteiger charge is -2.30. The molecule has 0 N–H and O–H groups in total. The number of carbonyl (C=O) groups is 2. The van der Waals surface area contributed by atoms with Crippen molar-refractivity contribution in [1.29, 1.82) is 0 Å². The number of morpholine rings is 1. The van der Waals surface area contributed by atoms with Gasteiger partial charge in [-0.3, -0.25) is 9.59 Å². The molecule has 3 aliphatic heterocycles. The van der Waals surface area contributed by atoms with Gasteiger partial charge in [-0.05, 0) is 25.5 Å². The van der Waals surface area contributed by atoms with Crippen LogP contribution in [0.5, 0.6) is 5.75 Å². The van der Waals surface area contributed by atoms with E-state index in [1.54, 1.807) is 11.0 Å². The van der Waals surface area contributed by atoms with Crippen LogP contribution in [0.1, 0.15) is 25.3 Å². The molecular weight excluding hydrogens is 358 g/mol. The maximum Gasteiger partial charge on any atom is 0.232 e. The van der Waals surface area contributed by atoms with E-state index in [1.807, 2.05) is 30.0 Å². The smallest absolute Gasteiger partial charge is 0.232 e. The van der Waals surface area contributed by atoms with E-state index in [1.165, 1.54) is 0 Å². The summed E-state index contributed by atoms with van der Waals surface area (Å²) >= 11 is 0. The van der Waals surface area contributed by atoms with Gasteiger partial charge in [-0.1, -0.05) is 6.07 Å². The van der Waals surface area contributed by atoms with Gasteiger partial charge in [0.05, 0.1) is 31.9 Å². The van der Waals surface area contributed by atoms with Crippen LogP contribution in [0.4, 0.5) is 5.69 Å². The highest BCUT2D eigenvalue weighted by molar-refractivity contribution is 6.16. The fourth-order valence-corrected chi connectivity index (χ4v) is 3.91. The average molecular weight is 383 g/mol. The highest BCUT2D eigenvalue weighted by Crippen LogP contribution is 2.35. The van der Waals surface area contributed by atoms with Crippen LogP contribution >= 0.6 is 0 Å². The molecule has 3 heterocycles. The largest absolute Gasteiger partial charge is 0.494 e. The molecule has 7 heteroatoms. The molecule has 0 atom stereocenters. The van der Waals surface area contributed by atoms with Crippen LogP contribution < -0.4 is 9.64 Å². The maximum atomic E-state index is 13.0. The number of allylic oxidation sites excluding steroid dienone is 1. The molecule has 1 aromatic carbocycles. The van der Waals surface area contributed by atoms with E-state index in [2.05, 4.69) is 4.99 Å². The van der Waals surface area contributed by atoms with Crippen LogP contribution in [0, 0.1) is 0 Å². The molecule has 3 aliphatic rings. The van der Waals surface area contributed by atoms with Crippen LogP contribution in [0.25, 0.3) is 0 Å². The second-order valence-electron chi connectivity index (χ2n) is 7.08. The first-order valence-electron chi connectivity index (χ1n) is 9.84. The second kappa shape index (κ2) is 8.14. The van der Waals surface area contributed by atoms with E-state index < -0.39 is 0 Å². The van der Waals surface area contributed by atoms with Crippen molar-refractivity contribution in [1.82, 2.24) is 4.90 Å². The zero-order valence-corrected chi connectivity index (χ0v) is 16.1. The summed E-state index contributed by atoms with van der Waals surface area (Å²) < 4.78 is 11.1. The molecule has 28 heavy (non-hydrogen) atoms. The third kappa shape index (κ3) is 3.80. The van der Waals surface area contributed by atoms with Crippen LogP contribution in [-0.2, 0) is 20.7 Å². The van der Waals surface area contributed by atoms with E-state index >= 15 is 0 Å². The summed E-state index contributed by atoms with van der Waals surface area (Å²) in [7, 11) is 0. The summed E-state index contributed by atoms with van der Waals surface area (Å²) in [6, 6.07) is 5.81. The van der Waals surface area contributed by atoms with Gasteiger partial charge in [-0.2, -0.15) is 0 Å². The lowest BCUT2D eigenvalue weighted by molar-refractivity contribution is -0.117. The Morgan fingerprint density at radius 1 is 1.25 bits per heavy atom. The molecule has 0 aromatic heterocycles. The number of aliphatic imine (C=N–C) groups is 1. The first-order chi connectivity index (χ1) is 13.7. The van der Waals surface area contributed by atoms with Gasteiger partial charge in [0.15, 0.2) is 5.78 Å². The summed E-state index contributed by atoms with van der Waals surface area (Å²) in [4.78, 5) is 33.6. The van der Waals surface area contributed by atoms with Crippen molar-refractivity contribution < 1.29 is 19.1 Å². The minimum atomic E-state index is -0.0258. The Morgan fingerprint density at radius 3 is 2.86 bits per heavy atom. The molecule has 1 saturated heterocycles. The average Bonchev–Trinajstić information content (AvgIpc) is 3.14. The normalized spacial score (nSPS) is 19.2. The van der Waals surface area contributed by atoms with Crippen molar-refractivity contribution in [2.75, 3.05) is 44.4 Å². The molecule has 4 rings (SSSR count). The molecule has 7 nitrogen and oxygen atoms in total. The van der Waals surface area contributed by atoms with Crippen molar-refractivity contribution in [2.45, 2.75) is 26.2 Å². The number of amides is 1. The minimum Gasteiger partial charge on any atom is -0.494 e. The first-order valence-corrected chi connectivity index (χ1v) is 9.84. The van der Waals surface area contributed by atoms with Crippen molar-refractivity contribution in [3.8, 4) is 5.75 Å². The molecule has 148 valence electrons. The monoisotopic (exact) mass is 383 g/mol. The van der Waals surface area contributed by atoms with Crippen LogP contribution in [-0.4, -0.2) is 61.8 Å². The summed E-state index contributed by atoms with van der Waals surface area (Å²) in [5.74, 6) is 1.47. The van der Waals surface area contributed by atoms with Gasteiger partial charge in [0.25, 0.3) is 0 Å². The molecule has 1 amide bonds. The molecule has 0 radical (unpaired) electrons. The number of ketones is 1. The Hall–Kier alpha value is -2.67. The number of carbonyl (C=O) groups excluding carboxylic acids is 2. The number of ether oxygens (including phenoxy) is 2. The van der Waals surface area contributed by atoms with E-state index in [9.17, 15) is 9.59 Å². The number of hydrogen-bond donors (Lipinski definition) is 0. The number of hydrogen-bond acceptors (Lipinski definition) is 6. The SMILES string of the molecule is CCOc1cccc2c1CCN2C(=O)CC1=NC(N2CCOCC2)=CC(=O)C1. The summed E-state index contributed by atoms with van der Waals surface area (Å²) in [6.45, 7) is 5.86. The molecule has 0 unspecified atom stereocenters. The van der Waals surface area contributed by atoms with Gasteiger partial charge in [0.1, 0.15) is 11.6 Å². The number of benzene rings is 1. The van der Waals surface area contributed by atoms with Crippen LogP contribution in [0.2, 0.25) is 0 Å². The summed E-state index contributed by atoms with van der Waals surface area (Å²) in [5, 5.41) is 0. The number of anilines is 1.